The molecule has 0 aromatic heterocycles. The molecule has 2 unspecified atom stereocenters. The Bertz CT molecular complexity index is 556. The van der Waals surface area contributed by atoms with E-state index in [1.165, 1.54) is 35.2 Å². The summed E-state index contributed by atoms with van der Waals surface area (Å²) in [7, 11) is 0. The molecule has 0 heterocycles. The molecule has 3 rings (SSSR count). The smallest absolute Gasteiger partial charge is 0.0516 e. The molecule has 19 heavy (non-hydrogen) atoms. The van der Waals surface area contributed by atoms with Crippen LogP contribution >= 0.6 is 0 Å². The van der Waals surface area contributed by atoms with E-state index in [0.717, 1.165) is 0 Å². The summed E-state index contributed by atoms with van der Waals surface area (Å²) >= 11 is 0. The molecule has 1 heteroatoms. The van der Waals surface area contributed by atoms with Gasteiger partial charge < -0.3 is 5.32 Å². The number of hydrogen-bond acceptors (Lipinski definition) is 1. The van der Waals surface area contributed by atoms with Crippen molar-refractivity contribution in [3.05, 3.63) is 65.2 Å². The fourth-order valence-corrected chi connectivity index (χ4v) is 3.01. The first-order valence-corrected chi connectivity index (χ1v) is 7.16. The molecule has 1 aliphatic rings. The van der Waals surface area contributed by atoms with Crippen molar-refractivity contribution in [2.45, 2.75) is 38.6 Å². The largest absolute Gasteiger partial charge is 0.378 e. The second kappa shape index (κ2) is 5.08. The van der Waals surface area contributed by atoms with E-state index in [1.54, 1.807) is 0 Å². The maximum atomic E-state index is 3.68. The Kier molecular flexibility index (Phi) is 3.29. The predicted octanol–water partition coefficient (Wildman–Crippen LogP) is 5.05. The summed E-state index contributed by atoms with van der Waals surface area (Å²) in [5, 5.41) is 3.68. The van der Waals surface area contributed by atoms with Crippen LogP contribution in [0.1, 0.15) is 48.4 Å². The maximum Gasteiger partial charge on any atom is 0.0516 e. The summed E-state index contributed by atoms with van der Waals surface area (Å²) in [6.45, 7) is 4.46. The summed E-state index contributed by atoms with van der Waals surface area (Å²) < 4.78 is 0. The zero-order valence-corrected chi connectivity index (χ0v) is 11.7. The van der Waals surface area contributed by atoms with Crippen LogP contribution < -0.4 is 5.32 Å². The Balaban J connectivity index is 1.86. The Morgan fingerprint density at radius 1 is 0.895 bits per heavy atom. The molecular weight excluding hydrogens is 230 g/mol. The van der Waals surface area contributed by atoms with E-state index < -0.39 is 0 Å². The van der Waals surface area contributed by atoms with Crippen LogP contribution in [-0.4, -0.2) is 0 Å². The van der Waals surface area contributed by atoms with Crippen LogP contribution in [0.15, 0.2) is 48.5 Å². The highest BCUT2D eigenvalue weighted by Crippen LogP contribution is 2.38. The first-order chi connectivity index (χ1) is 9.24. The molecule has 0 spiro atoms. The van der Waals surface area contributed by atoms with Gasteiger partial charge in [-0.25, -0.2) is 0 Å². The molecule has 98 valence electrons. The van der Waals surface area contributed by atoms with Crippen molar-refractivity contribution in [2.75, 3.05) is 5.32 Å². The lowest BCUT2D eigenvalue weighted by atomic mass is 9.81. The third kappa shape index (κ3) is 2.51. The van der Waals surface area contributed by atoms with Gasteiger partial charge in [-0.1, -0.05) is 48.9 Å². The first kappa shape index (κ1) is 12.3. The summed E-state index contributed by atoms with van der Waals surface area (Å²) in [5.41, 5.74) is 5.52. The number of rotatable bonds is 2. The van der Waals surface area contributed by atoms with Crippen molar-refractivity contribution >= 4 is 5.69 Å². The monoisotopic (exact) mass is 251 g/mol. The first-order valence-electron chi connectivity index (χ1n) is 7.16. The molecule has 0 saturated carbocycles. The molecule has 2 aromatic carbocycles. The zero-order chi connectivity index (χ0) is 13.2. The van der Waals surface area contributed by atoms with Crippen molar-refractivity contribution in [3.63, 3.8) is 0 Å². The molecule has 0 bridgehead atoms. The van der Waals surface area contributed by atoms with Crippen LogP contribution in [0, 0.1) is 6.92 Å². The molecule has 2 atom stereocenters. The van der Waals surface area contributed by atoms with E-state index >= 15 is 0 Å². The average molecular weight is 251 g/mol. The lowest BCUT2D eigenvalue weighted by molar-refractivity contribution is 0.534. The number of fused-ring (bicyclic) bond motifs is 1. The number of anilines is 1. The summed E-state index contributed by atoms with van der Waals surface area (Å²) in [5.74, 6) is 0.687. The van der Waals surface area contributed by atoms with Crippen LogP contribution in [0.5, 0.6) is 0 Å². The SMILES string of the molecule is Cc1ccc(NC2CCC(C)c3ccccc32)cc1. The van der Waals surface area contributed by atoms with Gasteiger partial charge in [0, 0.05) is 5.69 Å². The van der Waals surface area contributed by atoms with Crippen LogP contribution in [0.4, 0.5) is 5.69 Å². The van der Waals surface area contributed by atoms with E-state index in [-0.39, 0.29) is 0 Å². The topological polar surface area (TPSA) is 12.0 Å². The summed E-state index contributed by atoms with van der Waals surface area (Å²) in [4.78, 5) is 0. The van der Waals surface area contributed by atoms with Crippen molar-refractivity contribution in [1.82, 2.24) is 0 Å². The lowest BCUT2D eigenvalue weighted by Gasteiger charge is -2.31. The van der Waals surface area contributed by atoms with Crippen molar-refractivity contribution in [1.29, 1.82) is 0 Å². The van der Waals surface area contributed by atoms with Gasteiger partial charge >= 0.3 is 0 Å². The van der Waals surface area contributed by atoms with Gasteiger partial charge in [-0.15, -0.1) is 0 Å². The summed E-state index contributed by atoms with van der Waals surface area (Å²) in [6, 6.07) is 18.0. The predicted molar refractivity (Wildman–Crippen MR) is 81.6 cm³/mol. The quantitative estimate of drug-likeness (QED) is 0.788. The van der Waals surface area contributed by atoms with Crippen LogP contribution in [0.2, 0.25) is 0 Å². The van der Waals surface area contributed by atoms with E-state index in [1.807, 2.05) is 0 Å². The second-order valence-electron chi connectivity index (χ2n) is 5.67. The van der Waals surface area contributed by atoms with Gasteiger partial charge in [0.05, 0.1) is 6.04 Å². The fourth-order valence-electron chi connectivity index (χ4n) is 3.01. The molecule has 0 fully saturated rings. The van der Waals surface area contributed by atoms with Gasteiger partial charge in [0.1, 0.15) is 0 Å². The Labute approximate surface area is 115 Å². The second-order valence-corrected chi connectivity index (χ2v) is 5.67. The molecule has 1 aliphatic carbocycles. The molecular formula is C18H21N. The van der Waals surface area contributed by atoms with Crippen LogP contribution in [0.25, 0.3) is 0 Å². The number of hydrogen-bond donors (Lipinski definition) is 1. The number of aryl methyl sites for hydroxylation is 1. The highest BCUT2D eigenvalue weighted by Gasteiger charge is 2.23. The molecule has 1 nitrogen and oxygen atoms in total. The number of benzene rings is 2. The van der Waals surface area contributed by atoms with E-state index in [0.29, 0.717) is 12.0 Å². The van der Waals surface area contributed by atoms with Crippen molar-refractivity contribution < 1.29 is 0 Å². The Morgan fingerprint density at radius 3 is 2.32 bits per heavy atom. The maximum absolute atomic E-state index is 3.68. The molecule has 0 aliphatic heterocycles. The van der Waals surface area contributed by atoms with E-state index in [4.69, 9.17) is 0 Å². The number of nitrogens with one attached hydrogen (secondary N) is 1. The molecule has 0 saturated heterocycles. The van der Waals surface area contributed by atoms with Crippen LogP contribution in [0.3, 0.4) is 0 Å². The molecule has 2 aromatic rings. The zero-order valence-electron chi connectivity index (χ0n) is 11.7. The van der Waals surface area contributed by atoms with Gasteiger partial charge in [-0.3, -0.25) is 0 Å². The molecule has 0 radical (unpaired) electrons. The third-order valence-electron chi connectivity index (χ3n) is 4.18. The van der Waals surface area contributed by atoms with Gasteiger partial charge in [0.25, 0.3) is 0 Å². The molecule has 0 amide bonds. The third-order valence-corrected chi connectivity index (χ3v) is 4.18. The average Bonchev–Trinajstić information content (AvgIpc) is 2.45. The van der Waals surface area contributed by atoms with E-state index in [9.17, 15) is 0 Å². The fraction of sp³-hybridized carbons (Fsp3) is 0.333. The van der Waals surface area contributed by atoms with Crippen molar-refractivity contribution in [3.8, 4) is 0 Å². The van der Waals surface area contributed by atoms with E-state index in [2.05, 4.69) is 67.7 Å². The minimum Gasteiger partial charge on any atom is -0.378 e. The Morgan fingerprint density at radius 2 is 1.58 bits per heavy atom. The van der Waals surface area contributed by atoms with Gasteiger partial charge in [-0.05, 0) is 48.9 Å². The minimum absolute atomic E-state index is 0.454. The highest BCUT2D eigenvalue weighted by molar-refractivity contribution is 5.48. The highest BCUT2D eigenvalue weighted by atomic mass is 14.9. The standard InChI is InChI=1S/C18H21N/c1-13-7-10-15(11-8-13)19-18-12-9-14(2)16-5-3-4-6-17(16)18/h3-8,10-11,14,18-19H,9,12H2,1-2H3. The van der Waals surface area contributed by atoms with Crippen molar-refractivity contribution in [2.24, 2.45) is 0 Å². The van der Waals surface area contributed by atoms with Gasteiger partial charge in [0.2, 0.25) is 0 Å². The Hall–Kier alpha value is -1.76. The normalized spacial score (nSPS) is 21.8. The van der Waals surface area contributed by atoms with Crippen LogP contribution in [-0.2, 0) is 0 Å². The lowest BCUT2D eigenvalue weighted by Crippen LogP contribution is -2.19. The molecule has 1 N–H and O–H groups in total. The summed E-state index contributed by atoms with van der Waals surface area (Å²) in [6.07, 6.45) is 2.48. The minimum atomic E-state index is 0.454. The van der Waals surface area contributed by atoms with Gasteiger partial charge in [0.15, 0.2) is 0 Å². The van der Waals surface area contributed by atoms with Gasteiger partial charge in [-0.2, -0.15) is 0 Å².